The van der Waals surface area contributed by atoms with E-state index in [1.807, 2.05) is 19.9 Å². The zero-order valence-electron chi connectivity index (χ0n) is 16.4. The second kappa shape index (κ2) is 8.70. The summed E-state index contributed by atoms with van der Waals surface area (Å²) in [5, 5.41) is 12.6. The quantitative estimate of drug-likeness (QED) is 0.769. The fourth-order valence-electron chi connectivity index (χ4n) is 3.22. The molecular weight excluding hydrogens is 376 g/mol. The van der Waals surface area contributed by atoms with Crippen LogP contribution >= 0.6 is 9.24 Å². The van der Waals surface area contributed by atoms with Crippen molar-refractivity contribution in [1.82, 2.24) is 9.97 Å². The third kappa shape index (κ3) is 4.69. The number of ether oxygens (including phenoxy) is 1. The molecule has 0 saturated carbocycles. The highest BCUT2D eigenvalue weighted by Crippen LogP contribution is 2.29. The first-order chi connectivity index (χ1) is 13.4. The smallest absolute Gasteiger partial charge is 0.173 e. The van der Waals surface area contributed by atoms with Crippen LogP contribution in [-0.4, -0.2) is 34.9 Å². The van der Waals surface area contributed by atoms with Gasteiger partial charge in [0, 0.05) is 31.7 Å². The summed E-state index contributed by atoms with van der Waals surface area (Å²) in [6, 6.07) is 7.12. The van der Waals surface area contributed by atoms with Crippen molar-refractivity contribution in [3.05, 3.63) is 41.0 Å². The van der Waals surface area contributed by atoms with Crippen LogP contribution < -0.4 is 15.0 Å². The number of piperidine rings is 1. The molecule has 1 fully saturated rings. The van der Waals surface area contributed by atoms with Crippen molar-refractivity contribution in [2.45, 2.75) is 45.5 Å². The van der Waals surface area contributed by atoms with Gasteiger partial charge >= 0.3 is 0 Å². The second-order valence-corrected chi connectivity index (χ2v) is 8.11. The Labute approximate surface area is 167 Å². The van der Waals surface area contributed by atoms with E-state index in [4.69, 9.17) is 4.74 Å². The van der Waals surface area contributed by atoms with Gasteiger partial charge in [0.15, 0.2) is 28.9 Å². The number of rotatable bonds is 5. The van der Waals surface area contributed by atoms with Gasteiger partial charge in [0.2, 0.25) is 0 Å². The number of aryl methyl sites for hydroxylation is 2. The number of aromatic nitrogens is 2. The molecule has 1 aliphatic rings. The molecule has 1 saturated heterocycles. The van der Waals surface area contributed by atoms with Crippen LogP contribution in [0, 0.1) is 31.0 Å². The molecule has 0 radical (unpaired) electrons. The van der Waals surface area contributed by atoms with Crippen LogP contribution in [0.15, 0.2) is 18.2 Å². The van der Waals surface area contributed by atoms with Crippen LogP contribution in [0.3, 0.4) is 0 Å². The zero-order chi connectivity index (χ0) is 20.3. The molecule has 1 aromatic heterocycles. The van der Waals surface area contributed by atoms with Crippen molar-refractivity contribution < 1.29 is 9.13 Å². The molecule has 2 aromatic rings. The molecule has 1 N–H and O–H groups in total. The van der Waals surface area contributed by atoms with Crippen LogP contribution in [0.4, 0.5) is 16.0 Å². The monoisotopic (exact) mass is 401 g/mol. The molecule has 1 aromatic carbocycles. The lowest BCUT2D eigenvalue weighted by Gasteiger charge is -2.34. The van der Waals surface area contributed by atoms with Gasteiger partial charge in [-0.2, -0.15) is 5.26 Å². The van der Waals surface area contributed by atoms with Gasteiger partial charge in [0.25, 0.3) is 0 Å². The summed E-state index contributed by atoms with van der Waals surface area (Å²) in [6.45, 7) is 7.02. The Morgan fingerprint density at radius 2 is 2.04 bits per heavy atom. The summed E-state index contributed by atoms with van der Waals surface area (Å²) in [6.07, 6.45) is 1.42. The summed E-state index contributed by atoms with van der Waals surface area (Å²) in [5.74, 6) is 1.43. The summed E-state index contributed by atoms with van der Waals surface area (Å²) in [5.41, 5.74) is 1.80. The number of benzene rings is 1. The van der Waals surface area contributed by atoms with Gasteiger partial charge in [-0.1, -0.05) is 6.07 Å². The summed E-state index contributed by atoms with van der Waals surface area (Å²) in [7, 11) is 2.67. The van der Waals surface area contributed by atoms with Gasteiger partial charge in [-0.3, -0.25) is 0 Å². The molecule has 0 spiro atoms. The maximum atomic E-state index is 14.0. The lowest BCUT2D eigenvalue weighted by molar-refractivity contribution is 0.163. The van der Waals surface area contributed by atoms with Crippen LogP contribution in [-0.2, 0) is 0 Å². The van der Waals surface area contributed by atoms with Crippen LogP contribution in [0.1, 0.15) is 36.7 Å². The maximum Gasteiger partial charge on any atom is 0.173 e. The van der Waals surface area contributed by atoms with Crippen LogP contribution in [0.2, 0.25) is 0 Å². The topological polar surface area (TPSA) is 74.1 Å². The molecule has 2 unspecified atom stereocenters. The van der Waals surface area contributed by atoms with Gasteiger partial charge in [-0.15, -0.1) is 9.24 Å². The molecule has 0 bridgehead atoms. The van der Waals surface area contributed by atoms with E-state index in [-0.39, 0.29) is 17.7 Å². The van der Waals surface area contributed by atoms with Gasteiger partial charge in [0.1, 0.15) is 12.2 Å². The van der Waals surface area contributed by atoms with Gasteiger partial charge in [0.05, 0.1) is 5.69 Å². The van der Waals surface area contributed by atoms with Crippen molar-refractivity contribution in [1.29, 1.82) is 5.26 Å². The Kier molecular flexibility index (Phi) is 6.31. The van der Waals surface area contributed by atoms with Gasteiger partial charge in [-0.25, -0.2) is 14.4 Å². The molecular formula is C20H25FN5OP. The molecule has 0 aliphatic carbocycles. The summed E-state index contributed by atoms with van der Waals surface area (Å²) in [4.78, 5) is 11.2. The molecule has 0 amide bonds. The third-order valence-corrected chi connectivity index (χ3v) is 4.81. The highest BCUT2D eigenvalue weighted by atomic mass is 31.0. The van der Waals surface area contributed by atoms with Crippen molar-refractivity contribution in [3.8, 4) is 11.8 Å². The average Bonchev–Trinajstić information content (AvgIpc) is 2.64. The fraction of sp³-hybridized carbons (Fsp3) is 0.450. The highest BCUT2D eigenvalue weighted by molar-refractivity contribution is 7.17. The first-order valence-corrected chi connectivity index (χ1v) is 10.0. The molecule has 28 heavy (non-hydrogen) atoms. The SMILES string of the molecule is Cc1ccc(OC2CCN(c3nc(C#N)c(C)nc3NC(C)P)CC2)c(F)c1. The molecule has 8 heteroatoms. The van der Waals surface area contributed by atoms with E-state index in [1.165, 1.54) is 6.07 Å². The lowest BCUT2D eigenvalue weighted by Crippen LogP contribution is -2.39. The minimum atomic E-state index is -0.327. The number of nitrogens with one attached hydrogen (secondary N) is 1. The average molecular weight is 401 g/mol. The molecule has 1 aliphatic heterocycles. The van der Waals surface area contributed by atoms with Crippen LogP contribution in [0.25, 0.3) is 0 Å². The standard InChI is InChI=1S/C20H25FN5OP/c1-12-4-5-18(16(21)10-12)27-15-6-8-26(9-7-15)20-19(24-14(3)28)23-13(2)17(11-22)25-20/h4-5,10,14-15H,6-9,28H2,1-3H3,(H,23,24). The van der Waals surface area contributed by atoms with E-state index in [1.54, 1.807) is 13.0 Å². The van der Waals surface area contributed by atoms with E-state index in [9.17, 15) is 9.65 Å². The molecule has 2 atom stereocenters. The van der Waals surface area contributed by atoms with Crippen LogP contribution in [0.5, 0.6) is 5.75 Å². The number of nitriles is 1. The number of hydrogen-bond acceptors (Lipinski definition) is 6. The van der Waals surface area contributed by atoms with Gasteiger partial charge in [-0.05, 0) is 38.5 Å². The van der Waals surface area contributed by atoms with E-state index in [0.29, 0.717) is 41.9 Å². The first kappa shape index (κ1) is 20.3. The normalized spacial score (nSPS) is 15.8. The number of hydrogen-bond donors (Lipinski definition) is 1. The molecule has 6 nitrogen and oxygen atoms in total. The predicted molar refractivity (Wildman–Crippen MR) is 111 cm³/mol. The minimum absolute atomic E-state index is 0.0561. The van der Waals surface area contributed by atoms with E-state index >= 15 is 0 Å². The Morgan fingerprint density at radius 3 is 2.64 bits per heavy atom. The maximum absolute atomic E-state index is 14.0. The Balaban J connectivity index is 1.73. The molecule has 2 heterocycles. The number of halogens is 1. The van der Waals surface area contributed by atoms with E-state index < -0.39 is 0 Å². The largest absolute Gasteiger partial charge is 0.487 e. The second-order valence-electron chi connectivity index (χ2n) is 7.11. The zero-order valence-corrected chi connectivity index (χ0v) is 17.5. The van der Waals surface area contributed by atoms with Crippen molar-refractivity contribution in [2.75, 3.05) is 23.3 Å². The Morgan fingerprint density at radius 1 is 1.32 bits per heavy atom. The van der Waals surface area contributed by atoms with E-state index in [0.717, 1.165) is 18.4 Å². The van der Waals surface area contributed by atoms with Crippen molar-refractivity contribution in [3.63, 3.8) is 0 Å². The molecule has 3 rings (SSSR count). The van der Waals surface area contributed by atoms with Crippen molar-refractivity contribution in [2.24, 2.45) is 0 Å². The lowest BCUT2D eigenvalue weighted by atomic mass is 10.1. The fourth-order valence-corrected chi connectivity index (χ4v) is 3.37. The Bertz CT molecular complexity index is 891. The number of anilines is 2. The summed E-state index contributed by atoms with van der Waals surface area (Å²) < 4.78 is 19.9. The minimum Gasteiger partial charge on any atom is -0.487 e. The first-order valence-electron chi connectivity index (χ1n) is 9.36. The summed E-state index contributed by atoms with van der Waals surface area (Å²) >= 11 is 0. The van der Waals surface area contributed by atoms with E-state index in [2.05, 4.69) is 35.5 Å². The predicted octanol–water partition coefficient (Wildman–Crippen LogP) is 3.79. The third-order valence-electron chi connectivity index (χ3n) is 4.64. The van der Waals surface area contributed by atoms with Crippen molar-refractivity contribution >= 4 is 20.9 Å². The number of nitrogens with zero attached hydrogens (tertiary/aromatic N) is 4. The molecule has 148 valence electrons. The highest BCUT2D eigenvalue weighted by Gasteiger charge is 2.25. The van der Waals surface area contributed by atoms with Gasteiger partial charge < -0.3 is 15.0 Å². The Hall–Kier alpha value is -2.45.